The summed E-state index contributed by atoms with van der Waals surface area (Å²) in [4.78, 5) is 13.5. The van der Waals surface area contributed by atoms with E-state index < -0.39 is 0 Å². The van der Waals surface area contributed by atoms with Crippen molar-refractivity contribution in [1.29, 1.82) is 0 Å². The molecule has 2 aliphatic rings. The van der Waals surface area contributed by atoms with Gasteiger partial charge in [0.05, 0.1) is 0 Å². The van der Waals surface area contributed by atoms with Crippen LogP contribution in [-0.2, 0) is 0 Å². The quantitative estimate of drug-likeness (QED) is 0.918. The smallest absolute Gasteiger partial charge is 0.148 e. The van der Waals surface area contributed by atoms with Crippen molar-refractivity contribution in [2.45, 2.75) is 18.9 Å². The molecular weight excluding hydrogens is 294 g/mol. The number of nitrogens with zero attached hydrogens (tertiary/aromatic N) is 4. The van der Waals surface area contributed by atoms with Crippen LogP contribution in [0.4, 0.5) is 11.6 Å². The molecule has 1 saturated heterocycles. The Kier molecular flexibility index (Phi) is 3.39. The van der Waals surface area contributed by atoms with Gasteiger partial charge in [-0.25, -0.2) is 9.97 Å². The van der Waals surface area contributed by atoms with Gasteiger partial charge in [-0.05, 0) is 28.8 Å². The molecule has 0 bridgehead atoms. The Bertz CT molecular complexity index is 426. The molecule has 1 aliphatic carbocycles. The molecular formula is C12H18BrN5. The van der Waals surface area contributed by atoms with Gasteiger partial charge in [-0.1, -0.05) is 0 Å². The summed E-state index contributed by atoms with van der Waals surface area (Å²) < 4.78 is 0.965. The molecule has 0 amide bonds. The highest BCUT2D eigenvalue weighted by Crippen LogP contribution is 2.32. The van der Waals surface area contributed by atoms with Gasteiger partial charge in [0, 0.05) is 39.3 Å². The minimum absolute atomic E-state index is 0.852. The summed E-state index contributed by atoms with van der Waals surface area (Å²) in [5, 5.41) is 3.08. The molecule has 2 fully saturated rings. The molecule has 1 aromatic rings. The lowest BCUT2D eigenvalue weighted by molar-refractivity contribution is 0.247. The number of rotatable bonds is 3. The minimum Gasteiger partial charge on any atom is -0.372 e. The van der Waals surface area contributed by atoms with Gasteiger partial charge in [-0.15, -0.1) is 0 Å². The van der Waals surface area contributed by atoms with Crippen LogP contribution in [0.5, 0.6) is 0 Å². The lowest BCUT2D eigenvalue weighted by Crippen LogP contribution is -2.47. The van der Waals surface area contributed by atoms with Gasteiger partial charge in [0.2, 0.25) is 0 Å². The number of aromatic nitrogens is 2. The Morgan fingerprint density at radius 1 is 1.22 bits per heavy atom. The molecule has 1 saturated carbocycles. The van der Waals surface area contributed by atoms with Crippen molar-refractivity contribution in [3.05, 3.63) is 10.8 Å². The van der Waals surface area contributed by atoms with Gasteiger partial charge in [0.25, 0.3) is 0 Å². The monoisotopic (exact) mass is 311 g/mol. The normalized spacial score (nSPS) is 21.1. The van der Waals surface area contributed by atoms with E-state index in [9.17, 15) is 0 Å². The first-order chi connectivity index (χ1) is 8.79. The predicted octanol–water partition coefficient (Wildman–Crippen LogP) is 1.57. The van der Waals surface area contributed by atoms with Crippen molar-refractivity contribution in [2.75, 3.05) is 43.4 Å². The molecule has 1 N–H and O–H groups in total. The molecule has 1 aliphatic heterocycles. The van der Waals surface area contributed by atoms with E-state index in [1.54, 1.807) is 6.33 Å². The summed E-state index contributed by atoms with van der Waals surface area (Å²) >= 11 is 3.59. The van der Waals surface area contributed by atoms with Gasteiger partial charge in [0.1, 0.15) is 22.4 Å². The van der Waals surface area contributed by atoms with Crippen LogP contribution in [-0.4, -0.2) is 54.1 Å². The van der Waals surface area contributed by atoms with Gasteiger partial charge in [-0.3, -0.25) is 4.90 Å². The van der Waals surface area contributed by atoms with E-state index in [1.807, 2.05) is 7.05 Å². The van der Waals surface area contributed by atoms with Crippen LogP contribution < -0.4 is 10.2 Å². The van der Waals surface area contributed by atoms with Crippen molar-refractivity contribution in [2.24, 2.45) is 0 Å². The van der Waals surface area contributed by atoms with E-state index in [4.69, 9.17) is 0 Å². The summed E-state index contributed by atoms with van der Waals surface area (Å²) in [6.07, 6.45) is 4.40. The average Bonchev–Trinajstić information content (AvgIpc) is 3.24. The molecule has 6 heteroatoms. The molecule has 5 nitrogen and oxygen atoms in total. The summed E-state index contributed by atoms with van der Waals surface area (Å²) in [5.41, 5.74) is 0. The largest absolute Gasteiger partial charge is 0.372 e. The molecule has 18 heavy (non-hydrogen) atoms. The van der Waals surface area contributed by atoms with Gasteiger partial charge < -0.3 is 10.2 Å². The Hall–Kier alpha value is -0.880. The van der Waals surface area contributed by atoms with E-state index in [2.05, 4.69) is 41.0 Å². The number of piperazine rings is 1. The van der Waals surface area contributed by atoms with E-state index >= 15 is 0 Å². The van der Waals surface area contributed by atoms with E-state index in [-0.39, 0.29) is 0 Å². The zero-order chi connectivity index (χ0) is 12.5. The first-order valence-corrected chi connectivity index (χ1v) is 7.26. The maximum Gasteiger partial charge on any atom is 0.148 e. The predicted molar refractivity (Wildman–Crippen MR) is 76.1 cm³/mol. The fraction of sp³-hybridized carbons (Fsp3) is 0.667. The number of hydrogen-bond donors (Lipinski definition) is 1. The second-order valence-electron chi connectivity index (χ2n) is 4.86. The van der Waals surface area contributed by atoms with Gasteiger partial charge in [0.15, 0.2) is 0 Å². The zero-order valence-corrected chi connectivity index (χ0v) is 12.2. The highest BCUT2D eigenvalue weighted by atomic mass is 79.9. The lowest BCUT2D eigenvalue weighted by Gasteiger charge is -2.35. The molecule has 0 atom stereocenters. The molecule has 0 radical (unpaired) electrons. The second-order valence-corrected chi connectivity index (χ2v) is 5.66. The van der Waals surface area contributed by atoms with Crippen LogP contribution in [0.25, 0.3) is 0 Å². The number of halogens is 1. The SMILES string of the molecule is CNc1ncnc(N2CCN(C3CC3)CC2)c1Br. The molecule has 0 aromatic carbocycles. The number of anilines is 2. The van der Waals surface area contributed by atoms with Crippen molar-refractivity contribution < 1.29 is 0 Å². The Morgan fingerprint density at radius 2 is 1.94 bits per heavy atom. The third-order valence-corrected chi connectivity index (χ3v) is 4.42. The van der Waals surface area contributed by atoms with Crippen LogP contribution in [0.1, 0.15) is 12.8 Å². The molecule has 1 aromatic heterocycles. The van der Waals surface area contributed by atoms with Crippen molar-refractivity contribution >= 4 is 27.6 Å². The first kappa shape index (κ1) is 12.2. The molecule has 0 unspecified atom stereocenters. The number of hydrogen-bond acceptors (Lipinski definition) is 5. The molecule has 3 rings (SSSR count). The number of nitrogens with one attached hydrogen (secondary N) is 1. The summed E-state index contributed by atoms with van der Waals surface area (Å²) in [7, 11) is 1.88. The Labute approximate surface area is 116 Å². The van der Waals surface area contributed by atoms with E-state index in [1.165, 1.54) is 12.8 Å². The van der Waals surface area contributed by atoms with Crippen molar-refractivity contribution in [3.63, 3.8) is 0 Å². The topological polar surface area (TPSA) is 44.3 Å². The Morgan fingerprint density at radius 3 is 2.56 bits per heavy atom. The standard InChI is InChI=1S/C12H18BrN5/c1-14-11-10(13)12(16-8-15-11)18-6-4-17(5-7-18)9-2-3-9/h8-9H,2-7H2,1H3,(H,14,15,16). The van der Waals surface area contributed by atoms with Gasteiger partial charge >= 0.3 is 0 Å². The Balaban J connectivity index is 1.71. The highest BCUT2D eigenvalue weighted by Gasteiger charge is 2.31. The van der Waals surface area contributed by atoms with E-state index in [0.717, 1.165) is 48.3 Å². The van der Waals surface area contributed by atoms with Crippen LogP contribution in [0.2, 0.25) is 0 Å². The summed E-state index contributed by atoms with van der Waals surface area (Å²) in [6.45, 7) is 4.40. The fourth-order valence-corrected chi connectivity index (χ4v) is 3.15. The van der Waals surface area contributed by atoms with Crippen molar-refractivity contribution in [1.82, 2.24) is 14.9 Å². The molecule has 2 heterocycles. The fourth-order valence-electron chi connectivity index (χ4n) is 2.49. The highest BCUT2D eigenvalue weighted by molar-refractivity contribution is 9.10. The molecule has 98 valence electrons. The lowest BCUT2D eigenvalue weighted by atomic mass is 10.3. The second kappa shape index (κ2) is 5.01. The summed E-state index contributed by atoms with van der Waals surface area (Å²) in [5.74, 6) is 1.86. The maximum absolute atomic E-state index is 4.41. The average molecular weight is 312 g/mol. The van der Waals surface area contributed by atoms with Crippen LogP contribution >= 0.6 is 15.9 Å². The van der Waals surface area contributed by atoms with Crippen molar-refractivity contribution in [3.8, 4) is 0 Å². The third kappa shape index (κ3) is 2.31. The third-order valence-electron chi connectivity index (χ3n) is 3.68. The van der Waals surface area contributed by atoms with Gasteiger partial charge in [-0.2, -0.15) is 0 Å². The zero-order valence-electron chi connectivity index (χ0n) is 10.6. The van der Waals surface area contributed by atoms with E-state index in [0.29, 0.717) is 0 Å². The van der Waals surface area contributed by atoms with Crippen LogP contribution in [0, 0.1) is 0 Å². The summed E-state index contributed by atoms with van der Waals surface area (Å²) in [6, 6.07) is 0.869. The molecule has 0 spiro atoms. The minimum atomic E-state index is 0.852. The van der Waals surface area contributed by atoms with Crippen LogP contribution in [0.3, 0.4) is 0 Å². The van der Waals surface area contributed by atoms with Crippen LogP contribution in [0.15, 0.2) is 10.8 Å². The first-order valence-electron chi connectivity index (χ1n) is 6.47. The maximum atomic E-state index is 4.41.